The number of carbonyl (C=O) groups is 1. The standard InChI is InChI=1S/C23H36N2O/c1-19(2)7-6-15-25-18-14-22(10-11-23(25)26)24-16-12-21(13-17-24)20-8-4-3-5-9-20/h3-5,8-9,19,21-22H,6-7,10-18H2,1-2H3. The molecule has 0 spiro atoms. The van der Waals surface area contributed by atoms with Crippen LogP contribution in [-0.2, 0) is 4.79 Å². The number of nitrogens with zero attached hydrogens (tertiary/aromatic N) is 2. The summed E-state index contributed by atoms with van der Waals surface area (Å²) in [6.45, 7) is 8.82. The summed E-state index contributed by atoms with van der Waals surface area (Å²) in [5, 5.41) is 0. The van der Waals surface area contributed by atoms with Crippen molar-refractivity contribution in [2.45, 2.75) is 70.8 Å². The second kappa shape index (κ2) is 9.55. The Hall–Kier alpha value is -1.35. The normalized spacial score (nSPS) is 23.4. The van der Waals surface area contributed by atoms with Crippen molar-refractivity contribution in [2.75, 3.05) is 26.2 Å². The first-order chi connectivity index (χ1) is 12.6. The Bertz CT molecular complexity index is 549. The zero-order valence-electron chi connectivity index (χ0n) is 16.7. The van der Waals surface area contributed by atoms with Gasteiger partial charge in [-0.25, -0.2) is 0 Å². The fourth-order valence-electron chi connectivity index (χ4n) is 4.64. The third-order valence-corrected chi connectivity index (χ3v) is 6.30. The van der Waals surface area contributed by atoms with E-state index in [-0.39, 0.29) is 0 Å². The molecular weight excluding hydrogens is 320 g/mol. The van der Waals surface area contributed by atoms with E-state index in [1.54, 1.807) is 0 Å². The summed E-state index contributed by atoms with van der Waals surface area (Å²) >= 11 is 0. The molecule has 3 heteroatoms. The minimum Gasteiger partial charge on any atom is -0.343 e. The summed E-state index contributed by atoms with van der Waals surface area (Å²) in [5.74, 6) is 1.83. The van der Waals surface area contributed by atoms with Gasteiger partial charge >= 0.3 is 0 Å². The van der Waals surface area contributed by atoms with E-state index in [0.717, 1.165) is 44.7 Å². The molecule has 3 rings (SSSR count). The predicted molar refractivity (Wildman–Crippen MR) is 108 cm³/mol. The predicted octanol–water partition coefficient (Wildman–Crippen LogP) is 4.68. The SMILES string of the molecule is CC(C)CCCN1CCC(N2CCC(c3ccccc3)CC2)CCC1=O. The first kappa shape index (κ1) is 19.4. The van der Waals surface area contributed by atoms with Gasteiger partial charge in [0.1, 0.15) is 0 Å². The van der Waals surface area contributed by atoms with E-state index >= 15 is 0 Å². The van der Waals surface area contributed by atoms with Gasteiger partial charge < -0.3 is 9.80 Å². The number of hydrogen-bond acceptors (Lipinski definition) is 2. The first-order valence-corrected chi connectivity index (χ1v) is 10.7. The van der Waals surface area contributed by atoms with Crippen molar-refractivity contribution in [1.82, 2.24) is 9.80 Å². The Labute approximate surface area is 159 Å². The molecule has 144 valence electrons. The fraction of sp³-hybridized carbons (Fsp3) is 0.696. The smallest absolute Gasteiger partial charge is 0.222 e. The Morgan fingerprint density at radius 2 is 1.73 bits per heavy atom. The monoisotopic (exact) mass is 356 g/mol. The zero-order chi connectivity index (χ0) is 18.4. The van der Waals surface area contributed by atoms with Gasteiger partial charge in [-0.05, 0) is 69.0 Å². The summed E-state index contributed by atoms with van der Waals surface area (Å²) in [6, 6.07) is 11.6. The van der Waals surface area contributed by atoms with Gasteiger partial charge in [0.05, 0.1) is 0 Å². The van der Waals surface area contributed by atoms with Gasteiger partial charge in [-0.3, -0.25) is 4.79 Å². The van der Waals surface area contributed by atoms with E-state index in [1.165, 1.54) is 37.9 Å². The molecule has 26 heavy (non-hydrogen) atoms. The van der Waals surface area contributed by atoms with E-state index < -0.39 is 0 Å². The maximum Gasteiger partial charge on any atom is 0.222 e. The van der Waals surface area contributed by atoms with E-state index in [4.69, 9.17) is 0 Å². The Balaban J connectivity index is 1.46. The number of benzene rings is 1. The van der Waals surface area contributed by atoms with Gasteiger partial charge in [-0.1, -0.05) is 44.2 Å². The van der Waals surface area contributed by atoms with Crippen LogP contribution in [0.25, 0.3) is 0 Å². The van der Waals surface area contributed by atoms with Crippen LogP contribution in [0.2, 0.25) is 0 Å². The third-order valence-electron chi connectivity index (χ3n) is 6.30. The van der Waals surface area contributed by atoms with Gasteiger partial charge in [0, 0.05) is 25.6 Å². The van der Waals surface area contributed by atoms with E-state index in [0.29, 0.717) is 17.9 Å². The second-order valence-electron chi connectivity index (χ2n) is 8.62. The van der Waals surface area contributed by atoms with E-state index in [1.807, 2.05) is 0 Å². The molecule has 3 nitrogen and oxygen atoms in total. The van der Waals surface area contributed by atoms with Crippen molar-refractivity contribution < 1.29 is 4.79 Å². The van der Waals surface area contributed by atoms with Gasteiger partial charge in [0.25, 0.3) is 0 Å². The zero-order valence-corrected chi connectivity index (χ0v) is 16.7. The molecule has 1 atom stereocenters. The highest BCUT2D eigenvalue weighted by molar-refractivity contribution is 5.76. The maximum atomic E-state index is 12.5. The van der Waals surface area contributed by atoms with Crippen LogP contribution < -0.4 is 0 Å². The molecule has 1 amide bonds. The molecule has 2 heterocycles. The summed E-state index contributed by atoms with van der Waals surface area (Å²) < 4.78 is 0. The van der Waals surface area contributed by atoms with Crippen LogP contribution in [0.3, 0.4) is 0 Å². The van der Waals surface area contributed by atoms with E-state index in [9.17, 15) is 4.79 Å². The molecule has 0 N–H and O–H groups in total. The first-order valence-electron chi connectivity index (χ1n) is 10.7. The van der Waals surface area contributed by atoms with Crippen LogP contribution in [0.15, 0.2) is 30.3 Å². The van der Waals surface area contributed by atoms with Gasteiger partial charge in [0.2, 0.25) is 5.91 Å². The Morgan fingerprint density at radius 1 is 1.00 bits per heavy atom. The molecule has 0 aromatic heterocycles. The molecule has 0 bridgehead atoms. The lowest BCUT2D eigenvalue weighted by atomic mass is 9.88. The number of carbonyl (C=O) groups excluding carboxylic acids is 1. The van der Waals surface area contributed by atoms with Crippen LogP contribution in [0.4, 0.5) is 0 Å². The molecule has 0 saturated carbocycles. The maximum absolute atomic E-state index is 12.5. The molecule has 1 aromatic carbocycles. The van der Waals surface area contributed by atoms with Crippen molar-refractivity contribution in [3.05, 3.63) is 35.9 Å². The number of amides is 1. The number of likely N-dealkylation sites (tertiary alicyclic amines) is 2. The van der Waals surface area contributed by atoms with Crippen LogP contribution in [0, 0.1) is 5.92 Å². The molecule has 2 fully saturated rings. The lowest BCUT2D eigenvalue weighted by Crippen LogP contribution is -2.41. The molecule has 2 aliphatic heterocycles. The average Bonchev–Trinajstić information content (AvgIpc) is 2.84. The van der Waals surface area contributed by atoms with Crippen molar-refractivity contribution in [3.63, 3.8) is 0 Å². The number of rotatable bonds is 6. The highest BCUT2D eigenvalue weighted by Crippen LogP contribution is 2.30. The van der Waals surface area contributed by atoms with Crippen LogP contribution in [0.1, 0.15) is 70.3 Å². The van der Waals surface area contributed by atoms with Gasteiger partial charge in [0.15, 0.2) is 0 Å². The minimum absolute atomic E-state index is 0.385. The highest BCUT2D eigenvalue weighted by atomic mass is 16.2. The summed E-state index contributed by atoms with van der Waals surface area (Å²) in [7, 11) is 0. The largest absolute Gasteiger partial charge is 0.343 e. The summed E-state index contributed by atoms with van der Waals surface area (Å²) in [6.07, 6.45) is 7.83. The number of piperidine rings is 1. The summed E-state index contributed by atoms with van der Waals surface area (Å²) in [5.41, 5.74) is 1.50. The molecule has 0 radical (unpaired) electrons. The van der Waals surface area contributed by atoms with Crippen LogP contribution in [0.5, 0.6) is 0 Å². The fourth-order valence-corrected chi connectivity index (χ4v) is 4.64. The molecule has 2 aliphatic rings. The highest BCUT2D eigenvalue weighted by Gasteiger charge is 2.29. The van der Waals surface area contributed by atoms with Crippen molar-refractivity contribution in [2.24, 2.45) is 5.92 Å². The van der Waals surface area contributed by atoms with Crippen molar-refractivity contribution in [3.8, 4) is 0 Å². The van der Waals surface area contributed by atoms with Crippen LogP contribution >= 0.6 is 0 Å². The lowest BCUT2D eigenvalue weighted by molar-refractivity contribution is -0.130. The molecule has 0 aliphatic carbocycles. The Morgan fingerprint density at radius 3 is 2.42 bits per heavy atom. The Kier molecular flexibility index (Phi) is 7.13. The van der Waals surface area contributed by atoms with E-state index in [2.05, 4.69) is 54.0 Å². The summed E-state index contributed by atoms with van der Waals surface area (Å²) in [4.78, 5) is 17.3. The average molecular weight is 357 g/mol. The van der Waals surface area contributed by atoms with Gasteiger partial charge in [-0.15, -0.1) is 0 Å². The molecule has 1 aromatic rings. The van der Waals surface area contributed by atoms with Crippen molar-refractivity contribution >= 4 is 5.91 Å². The second-order valence-corrected chi connectivity index (χ2v) is 8.62. The molecule has 1 unspecified atom stereocenters. The quantitative estimate of drug-likeness (QED) is 0.738. The van der Waals surface area contributed by atoms with Gasteiger partial charge in [-0.2, -0.15) is 0 Å². The molecule has 2 saturated heterocycles. The van der Waals surface area contributed by atoms with Crippen LogP contribution in [-0.4, -0.2) is 47.9 Å². The third kappa shape index (κ3) is 5.33. The topological polar surface area (TPSA) is 23.6 Å². The van der Waals surface area contributed by atoms with Crippen molar-refractivity contribution in [1.29, 1.82) is 0 Å². The lowest BCUT2D eigenvalue weighted by Gasteiger charge is -2.37. The minimum atomic E-state index is 0.385. The number of hydrogen-bond donors (Lipinski definition) is 0. The molecular formula is C23H36N2O.